The molecule has 0 aliphatic carbocycles. The van der Waals surface area contributed by atoms with Gasteiger partial charge in [-0.25, -0.2) is 0 Å². The van der Waals surface area contributed by atoms with Crippen LogP contribution in [0.4, 0.5) is 0 Å². The van der Waals surface area contributed by atoms with Crippen LogP contribution < -0.4 is 0 Å². The van der Waals surface area contributed by atoms with Crippen LogP contribution in [0.15, 0.2) is 30.3 Å². The van der Waals surface area contributed by atoms with Crippen LogP contribution in [0, 0.1) is 0 Å². The first-order valence-corrected chi connectivity index (χ1v) is 19.4. The summed E-state index contributed by atoms with van der Waals surface area (Å²) in [7, 11) is -2.20. The zero-order chi connectivity index (χ0) is 23.3. The smallest absolute Gasteiger partial charge is 0.0576 e. The number of allylic oxidation sites excluding steroid dienone is 2. The zero-order valence-corrected chi connectivity index (χ0v) is 24.0. The maximum absolute atomic E-state index is 4.75. The molecule has 3 heteroatoms. The number of nitrogens with zero attached hydrogens (tertiary/aromatic N) is 1. The summed E-state index contributed by atoms with van der Waals surface area (Å²) >= 11 is 0. The fourth-order valence-electron chi connectivity index (χ4n) is 5.88. The van der Waals surface area contributed by atoms with Gasteiger partial charge in [0.2, 0.25) is 0 Å². The molecule has 182 valence electrons. The third-order valence-corrected chi connectivity index (χ3v) is 18.5. The van der Waals surface area contributed by atoms with E-state index in [1.54, 1.807) is 0 Å². The molecule has 0 aliphatic rings. The molecule has 0 aromatic carbocycles. The van der Waals surface area contributed by atoms with Gasteiger partial charge in [-0.1, -0.05) is 127 Å². The molecule has 0 aromatic heterocycles. The minimum Gasteiger partial charge on any atom is -0.298 e. The molecule has 0 N–H and O–H groups in total. The fraction of sp³-hybridized carbons (Fsp3) is 0.821. The van der Waals surface area contributed by atoms with Crippen LogP contribution in [0.2, 0.25) is 48.4 Å². The zero-order valence-electron chi connectivity index (χ0n) is 22.0. The molecular formula is C28H57NSi2. The molecule has 0 amide bonds. The normalized spacial score (nSPS) is 12.5. The molecule has 0 aromatic rings. The second-order valence-electron chi connectivity index (χ2n) is 10.1. The quantitative estimate of drug-likeness (QED) is 0.0618. The van der Waals surface area contributed by atoms with E-state index in [0.717, 1.165) is 6.54 Å². The SMILES string of the molecule is C=CC[Si](CCC)(CCC)CCC=NCCCCCCC[Si](CC=C)(CCC)CCC. The van der Waals surface area contributed by atoms with E-state index in [0.29, 0.717) is 0 Å². The highest BCUT2D eigenvalue weighted by atomic mass is 28.3. The van der Waals surface area contributed by atoms with Crippen molar-refractivity contribution >= 4 is 22.4 Å². The summed E-state index contributed by atoms with van der Waals surface area (Å²) < 4.78 is 0. The first-order chi connectivity index (χ1) is 15.1. The first kappa shape index (κ1) is 30.6. The van der Waals surface area contributed by atoms with Gasteiger partial charge in [0.05, 0.1) is 16.1 Å². The third-order valence-electron chi connectivity index (χ3n) is 7.20. The number of rotatable bonds is 23. The minimum absolute atomic E-state index is 1.04. The Bertz CT molecular complexity index is 446. The summed E-state index contributed by atoms with van der Waals surface area (Å²) in [6.45, 7) is 18.6. The Hall–Kier alpha value is -0.416. The highest BCUT2D eigenvalue weighted by Gasteiger charge is 2.29. The topological polar surface area (TPSA) is 12.4 Å². The molecular weight excluding hydrogens is 406 g/mol. The van der Waals surface area contributed by atoms with Crippen molar-refractivity contribution < 1.29 is 0 Å². The van der Waals surface area contributed by atoms with Gasteiger partial charge in [-0.2, -0.15) is 0 Å². The van der Waals surface area contributed by atoms with Crippen molar-refractivity contribution in [1.82, 2.24) is 0 Å². The molecule has 31 heavy (non-hydrogen) atoms. The molecule has 0 aliphatic heterocycles. The molecule has 0 bridgehead atoms. The minimum atomic E-state index is -1.13. The monoisotopic (exact) mass is 463 g/mol. The second-order valence-corrected chi connectivity index (χ2v) is 19.9. The average Bonchev–Trinajstić information content (AvgIpc) is 2.73. The summed E-state index contributed by atoms with van der Waals surface area (Å²) in [5, 5.41) is 0. The van der Waals surface area contributed by atoms with Gasteiger partial charge in [0.1, 0.15) is 0 Å². The Kier molecular flexibility index (Phi) is 19.9. The summed E-state index contributed by atoms with van der Waals surface area (Å²) in [5.41, 5.74) is 0. The van der Waals surface area contributed by atoms with Crippen molar-refractivity contribution in [3.63, 3.8) is 0 Å². The van der Waals surface area contributed by atoms with Crippen molar-refractivity contribution in [2.24, 2.45) is 4.99 Å². The van der Waals surface area contributed by atoms with E-state index in [1.807, 2.05) is 0 Å². The van der Waals surface area contributed by atoms with E-state index in [4.69, 9.17) is 4.99 Å². The Balaban J connectivity index is 4.07. The van der Waals surface area contributed by atoms with Crippen LogP contribution in [0.1, 0.15) is 91.9 Å². The highest BCUT2D eigenvalue weighted by Crippen LogP contribution is 2.32. The van der Waals surface area contributed by atoms with Gasteiger partial charge in [-0.15, -0.1) is 13.2 Å². The van der Waals surface area contributed by atoms with Crippen molar-refractivity contribution in [3.8, 4) is 0 Å². The lowest BCUT2D eigenvalue weighted by atomic mass is 10.1. The van der Waals surface area contributed by atoms with Gasteiger partial charge in [0, 0.05) is 6.54 Å². The number of unbranched alkanes of at least 4 members (excludes halogenated alkanes) is 4. The Labute approximate surface area is 199 Å². The largest absolute Gasteiger partial charge is 0.298 e. The van der Waals surface area contributed by atoms with Crippen molar-refractivity contribution in [1.29, 1.82) is 0 Å². The summed E-state index contributed by atoms with van der Waals surface area (Å²) in [4.78, 5) is 4.75. The molecule has 0 unspecified atom stereocenters. The molecule has 0 rings (SSSR count). The van der Waals surface area contributed by atoms with Crippen molar-refractivity contribution in [2.45, 2.75) is 140 Å². The molecule has 0 fully saturated rings. The van der Waals surface area contributed by atoms with Gasteiger partial charge >= 0.3 is 0 Å². The summed E-state index contributed by atoms with van der Waals surface area (Å²) in [5.74, 6) is 0. The fourth-order valence-corrected chi connectivity index (χ4v) is 15.8. The van der Waals surface area contributed by atoms with E-state index in [9.17, 15) is 0 Å². The molecule has 0 heterocycles. The van der Waals surface area contributed by atoms with Crippen LogP contribution in [-0.2, 0) is 0 Å². The van der Waals surface area contributed by atoms with Gasteiger partial charge in [0.25, 0.3) is 0 Å². The molecule has 0 spiro atoms. The van der Waals surface area contributed by atoms with Crippen molar-refractivity contribution in [3.05, 3.63) is 25.3 Å². The summed E-state index contributed by atoms with van der Waals surface area (Å²) in [6.07, 6.45) is 20.2. The molecule has 0 saturated carbocycles. The second kappa shape index (κ2) is 20.2. The first-order valence-electron chi connectivity index (χ1n) is 13.8. The maximum Gasteiger partial charge on any atom is 0.0576 e. The van der Waals surface area contributed by atoms with E-state index in [2.05, 4.69) is 59.2 Å². The van der Waals surface area contributed by atoms with Gasteiger partial charge in [-0.3, -0.25) is 4.99 Å². The third kappa shape index (κ3) is 14.4. The summed E-state index contributed by atoms with van der Waals surface area (Å²) in [6, 6.07) is 11.5. The lowest BCUT2D eigenvalue weighted by molar-refractivity contribution is 0.634. The molecule has 0 saturated heterocycles. The van der Waals surface area contributed by atoms with E-state index in [1.165, 1.54) is 113 Å². The predicted molar refractivity (Wildman–Crippen MR) is 153 cm³/mol. The van der Waals surface area contributed by atoms with E-state index >= 15 is 0 Å². The standard InChI is InChI=1S/C28H57NSi2/c1-7-21-30(22-8-2,23-9-3)27-17-15-13-14-16-19-29-20-18-28-31(24-10-4,25-11-5)26-12-6/h7,10,20H,1,4,8-9,11-19,21-28H2,2-3,5-6H3. The van der Waals surface area contributed by atoms with Crippen LogP contribution in [0.25, 0.3) is 0 Å². The predicted octanol–water partition coefficient (Wildman–Crippen LogP) is 10.3. The van der Waals surface area contributed by atoms with Crippen LogP contribution in [-0.4, -0.2) is 28.9 Å². The Morgan fingerprint density at radius 3 is 1.52 bits per heavy atom. The van der Waals surface area contributed by atoms with Crippen LogP contribution >= 0.6 is 0 Å². The van der Waals surface area contributed by atoms with Gasteiger partial charge in [0.15, 0.2) is 0 Å². The molecule has 1 nitrogen and oxygen atoms in total. The number of hydrogen-bond acceptors (Lipinski definition) is 1. The Morgan fingerprint density at radius 2 is 1.03 bits per heavy atom. The highest BCUT2D eigenvalue weighted by molar-refractivity contribution is 6.80. The van der Waals surface area contributed by atoms with Gasteiger partial charge < -0.3 is 0 Å². The van der Waals surface area contributed by atoms with E-state index in [-0.39, 0.29) is 0 Å². The lowest BCUT2D eigenvalue weighted by Gasteiger charge is -2.30. The van der Waals surface area contributed by atoms with Crippen LogP contribution in [0.3, 0.4) is 0 Å². The van der Waals surface area contributed by atoms with Gasteiger partial charge in [-0.05, 0) is 31.1 Å². The van der Waals surface area contributed by atoms with Crippen LogP contribution in [0.5, 0.6) is 0 Å². The van der Waals surface area contributed by atoms with Crippen molar-refractivity contribution in [2.75, 3.05) is 6.54 Å². The van der Waals surface area contributed by atoms with E-state index < -0.39 is 16.1 Å². The maximum atomic E-state index is 4.75. The average molecular weight is 464 g/mol. The number of aliphatic imine (C=N–C) groups is 1. The Morgan fingerprint density at radius 1 is 0.581 bits per heavy atom. The number of hydrogen-bond donors (Lipinski definition) is 0. The lowest BCUT2D eigenvalue weighted by Crippen LogP contribution is -2.32. The molecule has 0 radical (unpaired) electrons. The molecule has 0 atom stereocenters.